The van der Waals surface area contributed by atoms with Crippen LogP contribution in [0.1, 0.15) is 89.3 Å². The predicted octanol–water partition coefficient (Wildman–Crippen LogP) is 4.49. The number of hydrogen-bond donors (Lipinski definition) is 2. The van der Waals surface area contributed by atoms with E-state index in [9.17, 15) is 4.79 Å². The zero-order valence-corrected chi connectivity index (χ0v) is 24.0. The summed E-state index contributed by atoms with van der Waals surface area (Å²) >= 11 is 0. The molecular weight excluding hydrogens is 524 g/mol. The van der Waals surface area contributed by atoms with Crippen LogP contribution < -0.4 is 16.0 Å². The molecule has 4 aromatic rings. The second-order valence-corrected chi connectivity index (χ2v) is 12.5. The number of aromatic amines is 1. The van der Waals surface area contributed by atoms with Gasteiger partial charge in [-0.15, -0.1) is 0 Å². The van der Waals surface area contributed by atoms with Crippen LogP contribution in [0.25, 0.3) is 22.8 Å². The molecule has 3 aliphatic carbocycles. The maximum absolute atomic E-state index is 11.7. The van der Waals surface area contributed by atoms with Crippen LogP contribution in [0.2, 0.25) is 0 Å². The summed E-state index contributed by atoms with van der Waals surface area (Å²) in [5.74, 6) is 4.94. The second kappa shape index (κ2) is 10.6. The highest BCUT2D eigenvalue weighted by Crippen LogP contribution is 2.39. The molecule has 3 saturated carbocycles. The average molecular weight is 563 g/mol. The van der Waals surface area contributed by atoms with Crippen molar-refractivity contribution in [3.8, 4) is 11.6 Å². The van der Waals surface area contributed by atoms with Gasteiger partial charge < -0.3 is 19.3 Å². The van der Waals surface area contributed by atoms with E-state index in [4.69, 9.17) is 24.0 Å². The fourth-order valence-corrected chi connectivity index (χ4v) is 6.18. The first kappa shape index (κ1) is 26.1. The van der Waals surface area contributed by atoms with Gasteiger partial charge in [-0.05, 0) is 63.2 Å². The number of H-pyrrole nitrogens is 1. The Kier molecular flexibility index (Phi) is 6.74. The van der Waals surface area contributed by atoms with Crippen molar-refractivity contribution >= 4 is 22.9 Å². The minimum absolute atomic E-state index is 0.182. The number of hydrogen-bond acceptors (Lipinski definition) is 11. The molecule has 4 aromatic heterocycles. The van der Waals surface area contributed by atoms with Crippen molar-refractivity contribution < 1.29 is 9.05 Å². The lowest BCUT2D eigenvalue weighted by molar-refractivity contribution is 0.267. The van der Waals surface area contributed by atoms with E-state index in [1.54, 1.807) is 0 Å². The van der Waals surface area contributed by atoms with Crippen LogP contribution in [0.5, 0.6) is 0 Å². The number of imidazole rings is 1. The molecule has 4 heterocycles. The van der Waals surface area contributed by atoms with E-state index >= 15 is 0 Å². The minimum atomic E-state index is -0.649. The molecule has 13 heteroatoms. The largest absolute Gasteiger partial charge is 0.439 e. The van der Waals surface area contributed by atoms with Gasteiger partial charge in [-0.3, -0.25) is 9.51 Å². The number of anilines is 2. The molecule has 218 valence electrons. The fourth-order valence-electron chi connectivity index (χ4n) is 6.18. The Morgan fingerprint density at radius 3 is 2.51 bits per heavy atom. The van der Waals surface area contributed by atoms with Crippen molar-refractivity contribution in [1.29, 1.82) is 0 Å². The van der Waals surface area contributed by atoms with Gasteiger partial charge in [0.25, 0.3) is 0 Å². The molecule has 41 heavy (non-hydrogen) atoms. The normalized spacial score (nSPS) is 22.1. The highest BCUT2D eigenvalue weighted by atomic mass is 16.5. The van der Waals surface area contributed by atoms with Gasteiger partial charge in [0.2, 0.25) is 23.5 Å². The van der Waals surface area contributed by atoms with E-state index in [1.807, 2.05) is 7.05 Å². The Balaban J connectivity index is 1.30. The monoisotopic (exact) mass is 562 g/mol. The van der Waals surface area contributed by atoms with Crippen molar-refractivity contribution in [2.75, 3.05) is 17.3 Å². The third-order valence-electron chi connectivity index (χ3n) is 9.16. The standard InChI is InChI=1S/C28H38N10O3/c1-15-7-9-17(10-8-15)13-38-21-22(29-16(2)18-5-4-6-18)31-24(25-34-28(39)41-36-25)32-23(21)33-27(38)37(3)14-20-30-26(40-35-20)19-11-12-19/h15-19H,4-14H2,1-3H3,(H,29,31,32)(H,34,36,39). The van der Waals surface area contributed by atoms with Gasteiger partial charge >= 0.3 is 5.76 Å². The Hall–Kier alpha value is -3.77. The lowest BCUT2D eigenvalue weighted by Crippen LogP contribution is -2.31. The van der Waals surface area contributed by atoms with Crippen molar-refractivity contribution in [1.82, 2.24) is 39.8 Å². The molecule has 2 N–H and O–H groups in total. The molecule has 0 aliphatic heterocycles. The molecule has 1 unspecified atom stereocenters. The zero-order valence-electron chi connectivity index (χ0n) is 24.0. The number of aromatic nitrogens is 8. The SMILES string of the molecule is CC1CCC(Cn2c(N(C)Cc3noc(C4CC4)n3)nc3nc(-c4noc(=O)[nH]4)nc(NC(C)C4CCC4)c32)CC1. The van der Waals surface area contributed by atoms with E-state index in [0.717, 1.165) is 42.7 Å². The van der Waals surface area contributed by atoms with Crippen LogP contribution in [0.4, 0.5) is 11.8 Å². The smallest absolute Gasteiger partial charge is 0.365 e. The molecule has 0 radical (unpaired) electrons. The van der Waals surface area contributed by atoms with E-state index in [-0.39, 0.29) is 17.7 Å². The Morgan fingerprint density at radius 1 is 1.02 bits per heavy atom. The molecule has 0 saturated heterocycles. The molecule has 0 spiro atoms. The highest BCUT2D eigenvalue weighted by molar-refractivity contribution is 5.87. The summed E-state index contributed by atoms with van der Waals surface area (Å²) in [7, 11) is 2.00. The van der Waals surface area contributed by atoms with Gasteiger partial charge in [0.1, 0.15) is 5.52 Å². The summed E-state index contributed by atoms with van der Waals surface area (Å²) in [6.07, 6.45) is 10.7. The molecule has 0 bridgehead atoms. The summed E-state index contributed by atoms with van der Waals surface area (Å²) < 4.78 is 12.6. The number of rotatable bonds is 10. The van der Waals surface area contributed by atoms with Crippen LogP contribution in [0, 0.1) is 17.8 Å². The van der Waals surface area contributed by atoms with Crippen LogP contribution in [0.15, 0.2) is 13.8 Å². The van der Waals surface area contributed by atoms with Gasteiger partial charge in [0.15, 0.2) is 17.3 Å². The van der Waals surface area contributed by atoms with E-state index in [1.165, 1.54) is 44.9 Å². The maximum Gasteiger partial charge on any atom is 0.439 e. The fraction of sp³-hybridized carbons (Fsp3) is 0.679. The average Bonchev–Trinajstić information content (AvgIpc) is 3.31. The summed E-state index contributed by atoms with van der Waals surface area (Å²) in [5.41, 5.74) is 1.40. The number of nitrogens with zero attached hydrogens (tertiary/aromatic N) is 8. The Labute approximate surface area is 237 Å². The molecule has 3 fully saturated rings. The first-order chi connectivity index (χ1) is 19.9. The van der Waals surface area contributed by atoms with Gasteiger partial charge in [0, 0.05) is 25.6 Å². The zero-order chi connectivity index (χ0) is 28.1. The predicted molar refractivity (Wildman–Crippen MR) is 151 cm³/mol. The maximum atomic E-state index is 11.7. The lowest BCUT2D eigenvalue weighted by atomic mass is 9.80. The van der Waals surface area contributed by atoms with Crippen molar-refractivity contribution in [2.45, 2.75) is 96.7 Å². The van der Waals surface area contributed by atoms with Gasteiger partial charge in [-0.1, -0.05) is 36.5 Å². The lowest BCUT2D eigenvalue weighted by Gasteiger charge is -2.32. The van der Waals surface area contributed by atoms with Crippen LogP contribution in [-0.4, -0.2) is 52.9 Å². The molecule has 0 aromatic carbocycles. The first-order valence-corrected chi connectivity index (χ1v) is 15.1. The van der Waals surface area contributed by atoms with Gasteiger partial charge in [0.05, 0.1) is 6.54 Å². The first-order valence-electron chi connectivity index (χ1n) is 15.1. The van der Waals surface area contributed by atoms with Gasteiger partial charge in [-0.2, -0.15) is 9.97 Å². The number of fused-ring (bicyclic) bond motifs is 1. The summed E-state index contributed by atoms with van der Waals surface area (Å²) in [6, 6.07) is 0.228. The van der Waals surface area contributed by atoms with Crippen LogP contribution >= 0.6 is 0 Å². The Bertz CT molecular complexity index is 1570. The van der Waals surface area contributed by atoms with E-state index in [0.29, 0.717) is 41.6 Å². The Morgan fingerprint density at radius 2 is 1.83 bits per heavy atom. The molecule has 7 rings (SSSR count). The molecule has 3 aliphatic rings. The van der Waals surface area contributed by atoms with E-state index < -0.39 is 5.76 Å². The summed E-state index contributed by atoms with van der Waals surface area (Å²) in [4.78, 5) is 35.7. The quantitative estimate of drug-likeness (QED) is 0.280. The van der Waals surface area contributed by atoms with Crippen LogP contribution in [-0.2, 0) is 13.1 Å². The summed E-state index contributed by atoms with van der Waals surface area (Å²) in [5, 5.41) is 11.8. The van der Waals surface area contributed by atoms with Crippen molar-refractivity contribution in [3.63, 3.8) is 0 Å². The third kappa shape index (κ3) is 5.33. The summed E-state index contributed by atoms with van der Waals surface area (Å²) in [6.45, 7) is 5.83. The van der Waals surface area contributed by atoms with E-state index in [2.05, 4.69) is 48.9 Å². The second-order valence-electron chi connectivity index (χ2n) is 12.5. The minimum Gasteiger partial charge on any atom is -0.365 e. The van der Waals surface area contributed by atoms with Gasteiger partial charge in [-0.25, -0.2) is 14.8 Å². The topological polar surface area (TPSA) is 157 Å². The molecule has 13 nitrogen and oxygen atoms in total. The third-order valence-corrected chi connectivity index (χ3v) is 9.16. The van der Waals surface area contributed by atoms with Crippen molar-refractivity contribution in [2.24, 2.45) is 17.8 Å². The highest BCUT2D eigenvalue weighted by Gasteiger charge is 2.31. The molecular formula is C28H38N10O3. The van der Waals surface area contributed by atoms with Crippen LogP contribution in [0.3, 0.4) is 0 Å². The van der Waals surface area contributed by atoms with Crippen molar-refractivity contribution in [3.05, 3.63) is 22.3 Å². The molecule has 0 amide bonds. The molecule has 1 atom stereocenters. The number of nitrogens with one attached hydrogen (secondary N) is 2.